The third-order valence-corrected chi connectivity index (χ3v) is 4.00. The summed E-state index contributed by atoms with van der Waals surface area (Å²) in [7, 11) is 0. The summed E-state index contributed by atoms with van der Waals surface area (Å²) in [6.07, 6.45) is 3.48. The Balaban J connectivity index is 2.11. The molecule has 0 saturated carbocycles. The van der Waals surface area contributed by atoms with Crippen LogP contribution >= 0.6 is 22.6 Å². The molecule has 2 rings (SSSR count). The van der Waals surface area contributed by atoms with Crippen molar-refractivity contribution in [3.05, 3.63) is 12.2 Å². The van der Waals surface area contributed by atoms with Crippen molar-refractivity contribution >= 4 is 28.6 Å². The molecule has 0 radical (unpaired) electrons. The highest BCUT2D eigenvalue weighted by Gasteiger charge is 2.47. The predicted molar refractivity (Wildman–Crippen MR) is 66.3 cm³/mol. The summed E-state index contributed by atoms with van der Waals surface area (Å²) in [5.74, 6) is -0.832. The smallest absolute Gasteiger partial charge is 0.303 e. The first-order valence-corrected chi connectivity index (χ1v) is 6.49. The minimum absolute atomic E-state index is 0.0382. The van der Waals surface area contributed by atoms with Crippen LogP contribution in [-0.2, 0) is 19.0 Å². The number of halogens is 1. The minimum Gasteiger partial charge on any atom is -0.457 e. The van der Waals surface area contributed by atoms with Gasteiger partial charge >= 0.3 is 5.97 Å². The van der Waals surface area contributed by atoms with Gasteiger partial charge < -0.3 is 14.2 Å². The summed E-state index contributed by atoms with van der Waals surface area (Å²) in [6, 6.07) is 0. The van der Waals surface area contributed by atoms with Gasteiger partial charge in [0.25, 0.3) is 0 Å². The Hall–Kier alpha value is -0.140. The first kappa shape index (κ1) is 12.3. The molecule has 0 bridgehead atoms. The zero-order chi connectivity index (χ0) is 11.9. The molecule has 0 N–H and O–H groups in total. The van der Waals surface area contributed by atoms with Crippen LogP contribution in [0.4, 0.5) is 0 Å². The van der Waals surface area contributed by atoms with Crippen LogP contribution in [0, 0.1) is 0 Å². The van der Waals surface area contributed by atoms with E-state index < -0.39 is 5.79 Å². The van der Waals surface area contributed by atoms with E-state index in [1.807, 2.05) is 26.0 Å². The fourth-order valence-corrected chi connectivity index (χ4v) is 2.96. The molecule has 1 aliphatic heterocycles. The molecule has 90 valence electrons. The molecule has 0 unspecified atom stereocenters. The van der Waals surface area contributed by atoms with E-state index in [1.165, 1.54) is 6.92 Å². The van der Waals surface area contributed by atoms with Gasteiger partial charge in [0.05, 0.1) is 3.92 Å². The third kappa shape index (κ3) is 2.41. The van der Waals surface area contributed by atoms with Crippen molar-refractivity contribution in [1.82, 2.24) is 0 Å². The van der Waals surface area contributed by atoms with Crippen LogP contribution in [0.15, 0.2) is 12.2 Å². The molecule has 0 spiro atoms. The van der Waals surface area contributed by atoms with Gasteiger partial charge in [-0.1, -0.05) is 28.7 Å². The van der Waals surface area contributed by atoms with Crippen LogP contribution in [0.5, 0.6) is 0 Å². The summed E-state index contributed by atoms with van der Waals surface area (Å²) in [5.41, 5.74) is 0. The average molecular weight is 338 g/mol. The van der Waals surface area contributed by atoms with Gasteiger partial charge in [0, 0.05) is 6.92 Å². The molecule has 1 saturated heterocycles. The number of fused-ring (bicyclic) bond motifs is 1. The number of carbonyl (C=O) groups is 1. The SMILES string of the molecule is CC(=O)O[C@H]1C=C[C@H]2OC(C)(C)O[C@H]2[C@@H]1I. The van der Waals surface area contributed by atoms with Crippen molar-refractivity contribution < 1.29 is 19.0 Å². The number of esters is 1. The lowest BCUT2D eigenvalue weighted by Crippen LogP contribution is -2.42. The maximum atomic E-state index is 10.9. The lowest BCUT2D eigenvalue weighted by atomic mass is 9.99. The first-order valence-electron chi connectivity index (χ1n) is 5.24. The molecule has 0 aromatic rings. The molecule has 4 atom stereocenters. The molecule has 4 nitrogen and oxygen atoms in total. The van der Waals surface area contributed by atoms with Gasteiger partial charge in [0.1, 0.15) is 18.3 Å². The molecule has 5 heteroatoms. The van der Waals surface area contributed by atoms with Crippen LogP contribution in [0.2, 0.25) is 0 Å². The third-order valence-electron chi connectivity index (χ3n) is 2.58. The summed E-state index contributed by atoms with van der Waals surface area (Å²) in [5, 5.41) is 0. The van der Waals surface area contributed by atoms with Gasteiger partial charge in [-0.2, -0.15) is 0 Å². The standard InChI is InChI=1S/C11H15IO4/c1-6(13)14-7-4-5-8-10(9(7)12)16-11(2,3)15-8/h4-5,7-10H,1-3H3/t7-,8+,9+,10+/m0/s1. The van der Waals surface area contributed by atoms with Crippen molar-refractivity contribution in [2.45, 2.75) is 48.8 Å². The fourth-order valence-electron chi connectivity index (χ4n) is 2.02. The van der Waals surface area contributed by atoms with Gasteiger partial charge in [0.2, 0.25) is 0 Å². The Bertz CT molecular complexity index is 326. The zero-order valence-corrected chi connectivity index (χ0v) is 11.6. The number of rotatable bonds is 1. The second-order valence-corrected chi connectivity index (χ2v) is 5.91. The molecule has 0 aromatic heterocycles. The number of hydrogen-bond acceptors (Lipinski definition) is 4. The van der Waals surface area contributed by atoms with E-state index in [9.17, 15) is 4.79 Å². The van der Waals surface area contributed by atoms with Gasteiger partial charge in [-0.25, -0.2) is 0 Å². The van der Waals surface area contributed by atoms with Crippen LogP contribution in [-0.4, -0.2) is 34.0 Å². The lowest BCUT2D eigenvalue weighted by molar-refractivity contribution is -0.149. The second kappa shape index (κ2) is 4.27. The Morgan fingerprint density at radius 2 is 2.06 bits per heavy atom. The molecule has 0 aromatic carbocycles. The number of ether oxygens (including phenoxy) is 3. The molecule has 0 amide bonds. The maximum absolute atomic E-state index is 10.9. The molecule has 2 aliphatic rings. The maximum Gasteiger partial charge on any atom is 0.303 e. The van der Waals surface area contributed by atoms with E-state index in [-0.39, 0.29) is 28.2 Å². The van der Waals surface area contributed by atoms with Crippen LogP contribution in [0.1, 0.15) is 20.8 Å². The number of carbonyl (C=O) groups excluding carboxylic acids is 1. The van der Waals surface area contributed by atoms with E-state index in [1.54, 1.807) is 0 Å². The van der Waals surface area contributed by atoms with Crippen LogP contribution < -0.4 is 0 Å². The Kier molecular flexibility index (Phi) is 3.29. The highest BCUT2D eigenvalue weighted by molar-refractivity contribution is 14.1. The van der Waals surface area contributed by atoms with Gasteiger partial charge in [-0.15, -0.1) is 0 Å². The largest absolute Gasteiger partial charge is 0.457 e. The predicted octanol–water partition coefficient (Wildman–Crippen LogP) is 1.81. The molecule has 16 heavy (non-hydrogen) atoms. The normalized spacial score (nSPS) is 40.5. The van der Waals surface area contributed by atoms with Crippen molar-refractivity contribution in [2.24, 2.45) is 0 Å². The monoisotopic (exact) mass is 338 g/mol. The van der Waals surface area contributed by atoms with Crippen molar-refractivity contribution in [2.75, 3.05) is 0 Å². The van der Waals surface area contributed by atoms with E-state index >= 15 is 0 Å². The highest BCUT2D eigenvalue weighted by atomic mass is 127. The first-order chi connectivity index (χ1) is 7.39. The van der Waals surface area contributed by atoms with Crippen molar-refractivity contribution in [3.8, 4) is 0 Å². The molecule has 1 fully saturated rings. The molecule has 1 aliphatic carbocycles. The van der Waals surface area contributed by atoms with Gasteiger partial charge in [0.15, 0.2) is 5.79 Å². The van der Waals surface area contributed by atoms with Gasteiger partial charge in [-0.05, 0) is 19.9 Å². The van der Waals surface area contributed by atoms with Gasteiger partial charge in [-0.3, -0.25) is 4.79 Å². The molecule has 1 heterocycles. The Morgan fingerprint density at radius 1 is 1.38 bits per heavy atom. The van der Waals surface area contributed by atoms with E-state index in [4.69, 9.17) is 14.2 Å². The summed E-state index contributed by atoms with van der Waals surface area (Å²) >= 11 is 2.25. The zero-order valence-electron chi connectivity index (χ0n) is 9.48. The quantitative estimate of drug-likeness (QED) is 0.317. The second-order valence-electron chi connectivity index (χ2n) is 4.47. The molecular weight excluding hydrogens is 323 g/mol. The molecular formula is C11H15IO4. The van der Waals surface area contributed by atoms with Crippen LogP contribution in [0.3, 0.4) is 0 Å². The lowest BCUT2D eigenvalue weighted by Gasteiger charge is -2.29. The van der Waals surface area contributed by atoms with E-state index in [0.29, 0.717) is 0 Å². The van der Waals surface area contributed by atoms with Crippen LogP contribution in [0.25, 0.3) is 0 Å². The number of alkyl halides is 1. The topological polar surface area (TPSA) is 44.8 Å². The average Bonchev–Trinajstić information content (AvgIpc) is 2.46. The fraction of sp³-hybridized carbons (Fsp3) is 0.727. The summed E-state index contributed by atoms with van der Waals surface area (Å²) in [6.45, 7) is 5.20. The summed E-state index contributed by atoms with van der Waals surface area (Å²) in [4.78, 5) is 10.9. The highest BCUT2D eigenvalue weighted by Crippen LogP contribution is 2.37. The van der Waals surface area contributed by atoms with E-state index in [2.05, 4.69) is 22.6 Å². The van der Waals surface area contributed by atoms with Crippen molar-refractivity contribution in [3.63, 3.8) is 0 Å². The van der Waals surface area contributed by atoms with Crippen molar-refractivity contribution in [1.29, 1.82) is 0 Å². The Labute approximate surface area is 108 Å². The van der Waals surface area contributed by atoms with E-state index in [0.717, 1.165) is 0 Å². The summed E-state index contributed by atoms with van der Waals surface area (Å²) < 4.78 is 16.8. The minimum atomic E-state index is -0.561. The number of hydrogen-bond donors (Lipinski definition) is 0. The Morgan fingerprint density at radius 3 is 2.69 bits per heavy atom.